The Hall–Kier alpha value is -2.40. The van der Waals surface area contributed by atoms with E-state index < -0.39 is 5.97 Å². The highest BCUT2D eigenvalue weighted by atomic mass is 35.5. The van der Waals surface area contributed by atoms with Crippen molar-refractivity contribution in [2.75, 3.05) is 0 Å². The molecule has 0 bridgehead atoms. The second kappa shape index (κ2) is 6.16. The molecule has 2 aromatic heterocycles. The van der Waals surface area contributed by atoms with Crippen molar-refractivity contribution in [3.63, 3.8) is 0 Å². The Balaban J connectivity index is 2.20. The van der Waals surface area contributed by atoms with Crippen LogP contribution in [0.2, 0.25) is 5.02 Å². The number of aliphatic carboxylic acids is 1. The Morgan fingerprint density at radius 3 is 2.80 bits per heavy atom. The minimum absolute atomic E-state index is 0.418. The second-order valence-corrected chi connectivity index (χ2v) is 4.44. The molecular weight excluding hydrogens is 280 g/mol. The maximum Gasteiger partial charge on any atom is 0.328 e. The van der Waals surface area contributed by atoms with E-state index in [2.05, 4.69) is 9.97 Å². The van der Waals surface area contributed by atoms with Gasteiger partial charge in [-0.15, -0.1) is 0 Å². The lowest BCUT2D eigenvalue weighted by molar-refractivity contribution is -0.131. The quantitative estimate of drug-likeness (QED) is 0.874. The Bertz CT molecular complexity index is 671. The fourth-order valence-corrected chi connectivity index (χ4v) is 1.67. The molecule has 0 aliphatic rings. The van der Waals surface area contributed by atoms with Crippen LogP contribution < -0.4 is 4.74 Å². The lowest BCUT2D eigenvalue weighted by atomic mass is 10.2. The van der Waals surface area contributed by atoms with Crippen molar-refractivity contribution in [2.24, 2.45) is 0 Å². The number of ether oxygens (including phenoxy) is 1. The monoisotopic (exact) mass is 290 g/mol. The standard InChI is InChI=1S/C14H11ClN2O3/c1-9-4-10(2-3-13(18)19)6-17-14(9)20-12-5-11(15)7-16-8-12/h2-8H,1H3,(H,18,19)/b3-2+. The third-order valence-corrected chi connectivity index (χ3v) is 2.57. The molecule has 0 saturated heterocycles. The van der Waals surface area contributed by atoms with Gasteiger partial charge >= 0.3 is 5.97 Å². The van der Waals surface area contributed by atoms with Gasteiger partial charge in [0.25, 0.3) is 0 Å². The van der Waals surface area contributed by atoms with Gasteiger partial charge < -0.3 is 9.84 Å². The largest absolute Gasteiger partial charge is 0.478 e. The number of halogens is 1. The van der Waals surface area contributed by atoms with E-state index in [0.29, 0.717) is 22.2 Å². The predicted molar refractivity (Wildman–Crippen MR) is 75.0 cm³/mol. The van der Waals surface area contributed by atoms with Crippen molar-refractivity contribution < 1.29 is 14.6 Å². The van der Waals surface area contributed by atoms with E-state index in [0.717, 1.165) is 11.6 Å². The lowest BCUT2D eigenvalue weighted by Gasteiger charge is -2.07. The normalized spacial score (nSPS) is 10.7. The fourth-order valence-electron chi connectivity index (χ4n) is 1.51. The van der Waals surface area contributed by atoms with Crippen LogP contribution in [0.4, 0.5) is 0 Å². The van der Waals surface area contributed by atoms with E-state index in [1.165, 1.54) is 24.7 Å². The molecule has 2 heterocycles. The summed E-state index contributed by atoms with van der Waals surface area (Å²) in [6, 6.07) is 3.41. The van der Waals surface area contributed by atoms with Crippen molar-refractivity contribution in [1.29, 1.82) is 0 Å². The number of carboxylic acids is 1. The minimum Gasteiger partial charge on any atom is -0.478 e. The van der Waals surface area contributed by atoms with Crippen LogP contribution in [0.25, 0.3) is 6.08 Å². The molecule has 1 N–H and O–H groups in total. The number of nitrogens with zero attached hydrogens (tertiary/aromatic N) is 2. The number of hydrogen-bond donors (Lipinski definition) is 1. The number of aryl methyl sites for hydroxylation is 1. The van der Waals surface area contributed by atoms with E-state index in [9.17, 15) is 4.79 Å². The average molecular weight is 291 g/mol. The van der Waals surface area contributed by atoms with Crippen LogP contribution in [-0.4, -0.2) is 21.0 Å². The first-order valence-electron chi connectivity index (χ1n) is 5.70. The summed E-state index contributed by atoms with van der Waals surface area (Å²) in [5.41, 5.74) is 1.46. The van der Waals surface area contributed by atoms with Crippen molar-refractivity contribution in [2.45, 2.75) is 6.92 Å². The van der Waals surface area contributed by atoms with Crippen LogP contribution in [0.5, 0.6) is 11.6 Å². The summed E-state index contributed by atoms with van der Waals surface area (Å²) < 4.78 is 5.57. The molecular formula is C14H11ClN2O3. The molecule has 6 heteroatoms. The summed E-state index contributed by atoms with van der Waals surface area (Å²) in [6.07, 6.45) is 7.09. The average Bonchev–Trinajstić information content (AvgIpc) is 2.39. The Kier molecular flexibility index (Phi) is 4.32. The molecule has 2 aromatic rings. The van der Waals surface area contributed by atoms with Crippen LogP contribution in [0.15, 0.2) is 36.8 Å². The van der Waals surface area contributed by atoms with E-state index in [1.807, 2.05) is 6.92 Å². The molecule has 2 rings (SSSR count). The highest BCUT2D eigenvalue weighted by Crippen LogP contribution is 2.24. The number of carboxylic acid groups (broad SMARTS) is 1. The van der Waals surface area contributed by atoms with Crippen LogP contribution in [0, 0.1) is 6.92 Å². The molecule has 102 valence electrons. The zero-order chi connectivity index (χ0) is 14.5. The summed E-state index contributed by atoms with van der Waals surface area (Å²) in [7, 11) is 0. The Labute approximate surface area is 120 Å². The molecule has 20 heavy (non-hydrogen) atoms. The molecule has 0 saturated carbocycles. The van der Waals surface area contributed by atoms with E-state index in [-0.39, 0.29) is 0 Å². The van der Waals surface area contributed by atoms with Gasteiger partial charge in [0.1, 0.15) is 5.75 Å². The van der Waals surface area contributed by atoms with Crippen LogP contribution in [0.3, 0.4) is 0 Å². The van der Waals surface area contributed by atoms with Gasteiger partial charge in [0.2, 0.25) is 5.88 Å². The lowest BCUT2D eigenvalue weighted by Crippen LogP contribution is -1.93. The van der Waals surface area contributed by atoms with Gasteiger partial charge in [-0.3, -0.25) is 4.98 Å². The summed E-state index contributed by atoms with van der Waals surface area (Å²) in [5.74, 6) is -0.101. The Morgan fingerprint density at radius 1 is 1.35 bits per heavy atom. The van der Waals surface area contributed by atoms with Gasteiger partial charge in [-0.1, -0.05) is 11.6 Å². The number of aromatic nitrogens is 2. The zero-order valence-electron chi connectivity index (χ0n) is 10.6. The molecule has 0 unspecified atom stereocenters. The molecule has 0 spiro atoms. The minimum atomic E-state index is -1.01. The SMILES string of the molecule is Cc1cc(/C=C/C(=O)O)cnc1Oc1cncc(Cl)c1. The zero-order valence-corrected chi connectivity index (χ0v) is 11.3. The van der Waals surface area contributed by atoms with E-state index in [1.54, 1.807) is 12.1 Å². The summed E-state index contributed by atoms with van der Waals surface area (Å²) in [4.78, 5) is 18.5. The van der Waals surface area contributed by atoms with Crippen LogP contribution >= 0.6 is 11.6 Å². The second-order valence-electron chi connectivity index (χ2n) is 4.00. The Morgan fingerprint density at radius 2 is 2.15 bits per heavy atom. The number of hydrogen-bond acceptors (Lipinski definition) is 4. The van der Waals surface area contributed by atoms with Crippen molar-refractivity contribution in [1.82, 2.24) is 9.97 Å². The first-order valence-corrected chi connectivity index (χ1v) is 6.08. The van der Waals surface area contributed by atoms with E-state index in [4.69, 9.17) is 21.4 Å². The maximum absolute atomic E-state index is 10.4. The van der Waals surface area contributed by atoms with Gasteiger partial charge in [0.15, 0.2) is 0 Å². The van der Waals surface area contributed by atoms with Crippen LogP contribution in [0.1, 0.15) is 11.1 Å². The predicted octanol–water partition coefficient (Wildman–Crippen LogP) is 3.33. The molecule has 0 aliphatic carbocycles. The number of carbonyl (C=O) groups is 1. The number of rotatable bonds is 4. The third-order valence-electron chi connectivity index (χ3n) is 2.36. The van der Waals surface area contributed by atoms with Gasteiger partial charge in [0.05, 0.1) is 11.2 Å². The van der Waals surface area contributed by atoms with Gasteiger partial charge in [-0.25, -0.2) is 9.78 Å². The molecule has 0 aliphatic heterocycles. The highest BCUT2D eigenvalue weighted by Gasteiger charge is 2.05. The molecule has 0 fully saturated rings. The first-order chi connectivity index (χ1) is 9.54. The maximum atomic E-state index is 10.4. The van der Waals surface area contributed by atoms with Gasteiger partial charge in [-0.2, -0.15) is 0 Å². The third kappa shape index (κ3) is 3.80. The molecule has 0 aromatic carbocycles. The molecule has 0 atom stereocenters. The van der Waals surface area contributed by atoms with Crippen molar-refractivity contribution in [3.05, 3.63) is 52.9 Å². The van der Waals surface area contributed by atoms with Crippen molar-refractivity contribution in [3.8, 4) is 11.6 Å². The summed E-state index contributed by atoms with van der Waals surface area (Å²) >= 11 is 5.82. The smallest absolute Gasteiger partial charge is 0.328 e. The highest BCUT2D eigenvalue weighted by molar-refractivity contribution is 6.30. The molecule has 0 radical (unpaired) electrons. The topological polar surface area (TPSA) is 72.3 Å². The van der Waals surface area contributed by atoms with Gasteiger partial charge in [0, 0.05) is 30.1 Å². The van der Waals surface area contributed by atoms with E-state index >= 15 is 0 Å². The fraction of sp³-hybridized carbons (Fsp3) is 0.0714. The van der Waals surface area contributed by atoms with Gasteiger partial charge in [-0.05, 0) is 24.6 Å². The van der Waals surface area contributed by atoms with Crippen molar-refractivity contribution >= 4 is 23.6 Å². The van der Waals surface area contributed by atoms with Crippen LogP contribution in [-0.2, 0) is 4.79 Å². The number of pyridine rings is 2. The summed E-state index contributed by atoms with van der Waals surface area (Å²) in [6.45, 7) is 1.82. The molecule has 5 nitrogen and oxygen atoms in total. The molecule has 0 amide bonds. The summed E-state index contributed by atoms with van der Waals surface area (Å²) in [5, 5.41) is 9.04. The first kappa shape index (κ1) is 14.0.